The molecule has 3 N–H and O–H groups in total. The number of carboxylic acid groups (broad SMARTS) is 1. The molecule has 0 saturated heterocycles. The summed E-state index contributed by atoms with van der Waals surface area (Å²) >= 11 is 0. The standard InChI is InChI=1S/C17H21F3N2O5/c1-5-10(22-15(26)27-16(2,3)4)13(23)21-11-8-6-7-9(17(18,19)20)12(11)14(24)25/h6-8,10H,5H2,1-4H3,(H,21,23)(H,22,26)(H,24,25)/t10-/m0/s1. The Labute approximate surface area is 153 Å². The van der Waals surface area contributed by atoms with Gasteiger partial charge in [-0.25, -0.2) is 9.59 Å². The highest BCUT2D eigenvalue weighted by atomic mass is 19.4. The smallest absolute Gasteiger partial charge is 0.417 e. The van der Waals surface area contributed by atoms with Gasteiger partial charge in [0.05, 0.1) is 16.8 Å². The van der Waals surface area contributed by atoms with Crippen molar-refractivity contribution in [3.05, 3.63) is 29.3 Å². The van der Waals surface area contributed by atoms with E-state index in [9.17, 15) is 27.6 Å². The number of aromatic carboxylic acids is 1. The number of hydrogen-bond acceptors (Lipinski definition) is 4. The average molecular weight is 390 g/mol. The van der Waals surface area contributed by atoms with Gasteiger partial charge < -0.3 is 20.5 Å². The molecule has 0 bridgehead atoms. The third kappa shape index (κ3) is 6.46. The number of carbonyl (C=O) groups excluding carboxylic acids is 2. The Morgan fingerprint density at radius 1 is 1.19 bits per heavy atom. The van der Waals surface area contributed by atoms with Gasteiger partial charge in [0.25, 0.3) is 0 Å². The molecule has 0 aliphatic rings. The van der Waals surface area contributed by atoms with E-state index in [4.69, 9.17) is 9.84 Å². The first-order valence-electron chi connectivity index (χ1n) is 8.00. The maximum atomic E-state index is 13.0. The van der Waals surface area contributed by atoms with Crippen LogP contribution in [0.1, 0.15) is 50.0 Å². The van der Waals surface area contributed by atoms with Crippen molar-refractivity contribution in [3.63, 3.8) is 0 Å². The summed E-state index contributed by atoms with van der Waals surface area (Å²) in [5, 5.41) is 13.6. The van der Waals surface area contributed by atoms with Crippen molar-refractivity contribution in [1.29, 1.82) is 0 Å². The van der Waals surface area contributed by atoms with Crippen LogP contribution in [0.4, 0.5) is 23.7 Å². The number of alkyl halides is 3. The number of anilines is 1. The van der Waals surface area contributed by atoms with Crippen LogP contribution in [0.2, 0.25) is 0 Å². The van der Waals surface area contributed by atoms with Gasteiger partial charge >= 0.3 is 18.2 Å². The highest BCUT2D eigenvalue weighted by Crippen LogP contribution is 2.35. The number of carboxylic acids is 1. The first-order chi connectivity index (χ1) is 12.3. The lowest BCUT2D eigenvalue weighted by Crippen LogP contribution is -2.45. The molecule has 1 atom stereocenters. The van der Waals surface area contributed by atoms with Crippen LogP contribution in [-0.2, 0) is 15.7 Å². The molecule has 0 aromatic heterocycles. The summed E-state index contributed by atoms with van der Waals surface area (Å²) in [4.78, 5) is 35.4. The second-order valence-electron chi connectivity index (χ2n) is 6.63. The number of amides is 2. The fourth-order valence-electron chi connectivity index (χ4n) is 2.15. The molecule has 0 saturated carbocycles. The maximum absolute atomic E-state index is 13.0. The molecule has 0 heterocycles. The summed E-state index contributed by atoms with van der Waals surface area (Å²) in [6.45, 7) is 6.42. The van der Waals surface area contributed by atoms with Crippen LogP contribution in [0.3, 0.4) is 0 Å². The van der Waals surface area contributed by atoms with Crippen LogP contribution < -0.4 is 10.6 Å². The quantitative estimate of drug-likeness (QED) is 0.712. The molecule has 1 aromatic carbocycles. The van der Waals surface area contributed by atoms with Gasteiger partial charge in [0, 0.05) is 0 Å². The van der Waals surface area contributed by atoms with E-state index in [0.29, 0.717) is 6.07 Å². The van der Waals surface area contributed by atoms with E-state index < -0.39 is 52.6 Å². The number of benzene rings is 1. The number of hydrogen-bond donors (Lipinski definition) is 3. The second kappa shape index (κ2) is 8.28. The number of carbonyl (C=O) groups is 3. The second-order valence-corrected chi connectivity index (χ2v) is 6.63. The maximum Gasteiger partial charge on any atom is 0.417 e. The Morgan fingerprint density at radius 2 is 1.78 bits per heavy atom. The van der Waals surface area contributed by atoms with Crippen LogP contribution in [0.25, 0.3) is 0 Å². The highest BCUT2D eigenvalue weighted by molar-refractivity contribution is 6.03. The summed E-state index contributed by atoms with van der Waals surface area (Å²) in [5.41, 5.74) is -3.80. The van der Waals surface area contributed by atoms with Crippen molar-refractivity contribution in [1.82, 2.24) is 5.32 Å². The molecule has 2 amide bonds. The summed E-state index contributed by atoms with van der Waals surface area (Å²) in [6, 6.07) is 1.50. The van der Waals surface area contributed by atoms with E-state index in [1.807, 2.05) is 0 Å². The molecule has 1 rings (SSSR count). The molecule has 0 spiro atoms. The summed E-state index contributed by atoms with van der Waals surface area (Å²) in [6.07, 6.45) is -5.69. The minimum atomic E-state index is -4.91. The van der Waals surface area contributed by atoms with E-state index in [1.165, 1.54) is 0 Å². The number of rotatable bonds is 5. The molecule has 10 heteroatoms. The van der Waals surface area contributed by atoms with E-state index in [2.05, 4.69) is 10.6 Å². The number of nitrogens with one attached hydrogen (secondary N) is 2. The summed E-state index contributed by atoms with van der Waals surface area (Å²) < 4.78 is 44.1. The van der Waals surface area contributed by atoms with Crippen LogP contribution in [0.15, 0.2) is 18.2 Å². The largest absolute Gasteiger partial charge is 0.478 e. The minimum Gasteiger partial charge on any atom is -0.478 e. The first kappa shape index (κ1) is 22.3. The van der Waals surface area contributed by atoms with Gasteiger partial charge in [0.2, 0.25) is 5.91 Å². The first-order valence-corrected chi connectivity index (χ1v) is 8.00. The van der Waals surface area contributed by atoms with Crippen molar-refractivity contribution in [2.75, 3.05) is 5.32 Å². The van der Waals surface area contributed by atoms with Crippen molar-refractivity contribution in [2.24, 2.45) is 0 Å². The third-order valence-corrected chi connectivity index (χ3v) is 3.26. The third-order valence-electron chi connectivity index (χ3n) is 3.26. The fraction of sp³-hybridized carbons (Fsp3) is 0.471. The van der Waals surface area contributed by atoms with Gasteiger partial charge in [0.1, 0.15) is 11.6 Å². The molecule has 7 nitrogen and oxygen atoms in total. The van der Waals surface area contributed by atoms with Gasteiger partial charge in [0.15, 0.2) is 0 Å². The van der Waals surface area contributed by atoms with Crippen molar-refractivity contribution < 1.29 is 37.4 Å². The molecule has 27 heavy (non-hydrogen) atoms. The Balaban J connectivity index is 3.07. The Bertz CT molecular complexity index is 726. The van der Waals surface area contributed by atoms with Crippen LogP contribution in [-0.4, -0.2) is 34.7 Å². The molecular formula is C17H21F3N2O5. The van der Waals surface area contributed by atoms with E-state index in [0.717, 1.165) is 12.1 Å². The highest BCUT2D eigenvalue weighted by Gasteiger charge is 2.37. The SMILES string of the molecule is CC[C@H](NC(=O)OC(C)(C)C)C(=O)Nc1cccc(C(F)(F)F)c1C(=O)O. The molecule has 0 unspecified atom stereocenters. The van der Waals surface area contributed by atoms with Gasteiger partial charge in [-0.05, 0) is 39.3 Å². The number of ether oxygens (including phenoxy) is 1. The van der Waals surface area contributed by atoms with Gasteiger partial charge in [-0.2, -0.15) is 13.2 Å². The van der Waals surface area contributed by atoms with E-state index in [1.54, 1.807) is 27.7 Å². The van der Waals surface area contributed by atoms with Crippen molar-refractivity contribution >= 4 is 23.7 Å². The predicted molar refractivity (Wildman–Crippen MR) is 90.5 cm³/mol. The zero-order valence-electron chi connectivity index (χ0n) is 15.2. The molecule has 0 fully saturated rings. The Hall–Kier alpha value is -2.78. The van der Waals surface area contributed by atoms with Crippen LogP contribution in [0.5, 0.6) is 0 Å². The summed E-state index contributed by atoms with van der Waals surface area (Å²) in [5.74, 6) is -2.71. The van der Waals surface area contributed by atoms with Crippen LogP contribution >= 0.6 is 0 Å². The van der Waals surface area contributed by atoms with Crippen molar-refractivity contribution in [3.8, 4) is 0 Å². The Kier molecular flexibility index (Phi) is 6.82. The van der Waals surface area contributed by atoms with E-state index in [-0.39, 0.29) is 6.42 Å². The molecule has 0 aliphatic heterocycles. The lowest BCUT2D eigenvalue weighted by molar-refractivity contribution is -0.138. The zero-order chi connectivity index (χ0) is 21.0. The van der Waals surface area contributed by atoms with Crippen LogP contribution in [0, 0.1) is 0 Å². The summed E-state index contributed by atoms with van der Waals surface area (Å²) in [7, 11) is 0. The molecule has 1 aromatic rings. The number of halogens is 3. The predicted octanol–water partition coefficient (Wildman–Crippen LogP) is 3.65. The molecular weight excluding hydrogens is 369 g/mol. The molecule has 150 valence electrons. The van der Waals surface area contributed by atoms with Gasteiger partial charge in [-0.1, -0.05) is 13.0 Å². The van der Waals surface area contributed by atoms with Crippen molar-refractivity contribution in [2.45, 2.75) is 51.9 Å². The number of alkyl carbamates (subject to hydrolysis) is 1. The topological polar surface area (TPSA) is 105 Å². The lowest BCUT2D eigenvalue weighted by atomic mass is 10.0. The molecule has 0 radical (unpaired) electrons. The van der Waals surface area contributed by atoms with Gasteiger partial charge in [-0.15, -0.1) is 0 Å². The zero-order valence-corrected chi connectivity index (χ0v) is 15.2. The van der Waals surface area contributed by atoms with Gasteiger partial charge in [-0.3, -0.25) is 4.79 Å². The Morgan fingerprint density at radius 3 is 2.22 bits per heavy atom. The monoisotopic (exact) mass is 390 g/mol. The average Bonchev–Trinajstić information content (AvgIpc) is 2.49. The fourth-order valence-corrected chi connectivity index (χ4v) is 2.15. The van der Waals surface area contributed by atoms with E-state index >= 15 is 0 Å². The molecule has 0 aliphatic carbocycles. The normalized spacial score (nSPS) is 12.9. The lowest BCUT2D eigenvalue weighted by Gasteiger charge is -2.23. The minimum absolute atomic E-state index is 0.104.